The van der Waals surface area contributed by atoms with Crippen LogP contribution < -0.4 is 9.64 Å². The van der Waals surface area contributed by atoms with E-state index in [-0.39, 0.29) is 17.2 Å². The molecule has 1 aliphatic heterocycles. The molecule has 1 amide bonds. The van der Waals surface area contributed by atoms with Crippen LogP contribution >= 0.6 is 11.3 Å². The number of ether oxygens (including phenoxy) is 2. The van der Waals surface area contributed by atoms with E-state index in [1.807, 2.05) is 18.2 Å². The van der Waals surface area contributed by atoms with Crippen LogP contribution in [-0.4, -0.2) is 67.2 Å². The summed E-state index contributed by atoms with van der Waals surface area (Å²) >= 11 is 1.40. The van der Waals surface area contributed by atoms with Crippen molar-refractivity contribution in [3.63, 3.8) is 0 Å². The summed E-state index contributed by atoms with van der Waals surface area (Å²) in [6, 6.07) is 11.4. The van der Waals surface area contributed by atoms with Crippen LogP contribution in [0.2, 0.25) is 0 Å². The highest BCUT2D eigenvalue weighted by Crippen LogP contribution is 2.32. The summed E-state index contributed by atoms with van der Waals surface area (Å²) in [6.07, 6.45) is 0.750. The Hall–Kier alpha value is -3.08. The lowest BCUT2D eigenvalue weighted by atomic mass is 10.1. The number of amides is 1. The van der Waals surface area contributed by atoms with Crippen LogP contribution in [0.25, 0.3) is 10.2 Å². The minimum absolute atomic E-state index is 0.113. The monoisotopic (exact) mass is 456 g/mol. The third kappa shape index (κ3) is 5.04. The van der Waals surface area contributed by atoms with Gasteiger partial charge in [-0.2, -0.15) is 0 Å². The first-order chi connectivity index (χ1) is 15.5. The van der Waals surface area contributed by atoms with E-state index in [2.05, 4.69) is 9.88 Å². The zero-order valence-electron chi connectivity index (χ0n) is 17.7. The molecule has 168 valence electrons. The van der Waals surface area contributed by atoms with Gasteiger partial charge in [-0.25, -0.2) is 4.98 Å². The van der Waals surface area contributed by atoms with Gasteiger partial charge in [0.1, 0.15) is 5.75 Å². The van der Waals surface area contributed by atoms with E-state index in [1.165, 1.54) is 29.5 Å². The van der Waals surface area contributed by atoms with Gasteiger partial charge in [0.2, 0.25) is 0 Å². The second-order valence-corrected chi connectivity index (χ2v) is 8.41. The number of methoxy groups -OCH3 is 1. The minimum Gasteiger partial charge on any atom is -0.497 e. The zero-order chi connectivity index (χ0) is 22.5. The number of thiazole rings is 1. The Morgan fingerprint density at radius 1 is 1.28 bits per heavy atom. The van der Waals surface area contributed by atoms with E-state index < -0.39 is 4.92 Å². The van der Waals surface area contributed by atoms with Crippen molar-refractivity contribution in [2.24, 2.45) is 0 Å². The lowest BCUT2D eigenvalue weighted by Gasteiger charge is -2.27. The van der Waals surface area contributed by atoms with E-state index in [0.29, 0.717) is 11.7 Å². The number of carbonyl (C=O) groups excluding carboxylic acids is 1. The maximum Gasteiger partial charge on any atom is 0.270 e. The molecule has 0 saturated carbocycles. The third-order valence-corrected chi connectivity index (χ3v) is 6.37. The van der Waals surface area contributed by atoms with E-state index in [9.17, 15) is 14.9 Å². The molecule has 10 heteroatoms. The predicted molar refractivity (Wildman–Crippen MR) is 123 cm³/mol. The smallest absolute Gasteiger partial charge is 0.270 e. The number of carbonyl (C=O) groups is 1. The molecule has 1 fully saturated rings. The molecule has 1 aliphatic rings. The molecule has 9 nitrogen and oxygen atoms in total. The van der Waals surface area contributed by atoms with Crippen LogP contribution in [0.1, 0.15) is 16.8 Å². The Labute approximate surface area is 189 Å². The van der Waals surface area contributed by atoms with Crippen LogP contribution in [0.3, 0.4) is 0 Å². The summed E-state index contributed by atoms with van der Waals surface area (Å²) in [5.74, 6) is 0.415. The zero-order valence-corrected chi connectivity index (χ0v) is 18.5. The first-order valence-corrected chi connectivity index (χ1v) is 11.2. The van der Waals surface area contributed by atoms with Gasteiger partial charge >= 0.3 is 0 Å². The maximum atomic E-state index is 13.4. The molecule has 4 rings (SSSR count). The fourth-order valence-corrected chi connectivity index (χ4v) is 4.62. The van der Waals surface area contributed by atoms with Gasteiger partial charge in [0.25, 0.3) is 11.6 Å². The number of benzene rings is 2. The Morgan fingerprint density at radius 2 is 2.09 bits per heavy atom. The number of rotatable bonds is 8. The molecule has 2 aromatic carbocycles. The number of fused-ring (bicyclic) bond motifs is 1. The maximum absolute atomic E-state index is 13.4. The molecule has 1 aromatic heterocycles. The van der Waals surface area contributed by atoms with Crippen molar-refractivity contribution in [3.05, 3.63) is 58.1 Å². The Morgan fingerprint density at radius 3 is 2.84 bits per heavy atom. The van der Waals surface area contributed by atoms with Gasteiger partial charge < -0.3 is 9.47 Å². The van der Waals surface area contributed by atoms with E-state index in [4.69, 9.17) is 9.47 Å². The molecular formula is C22H24N4O5S. The summed E-state index contributed by atoms with van der Waals surface area (Å²) in [4.78, 5) is 32.7. The highest BCUT2D eigenvalue weighted by molar-refractivity contribution is 7.22. The molecule has 2 heterocycles. The first-order valence-electron chi connectivity index (χ1n) is 10.4. The van der Waals surface area contributed by atoms with Gasteiger partial charge in [0.05, 0.1) is 35.5 Å². The van der Waals surface area contributed by atoms with Gasteiger partial charge in [-0.1, -0.05) is 17.4 Å². The van der Waals surface area contributed by atoms with Crippen LogP contribution in [0.5, 0.6) is 5.75 Å². The predicted octanol–water partition coefficient (Wildman–Crippen LogP) is 3.58. The molecule has 3 aromatic rings. The molecule has 0 spiro atoms. The van der Waals surface area contributed by atoms with Crippen molar-refractivity contribution >= 4 is 38.3 Å². The summed E-state index contributed by atoms with van der Waals surface area (Å²) in [6.45, 7) is 4.47. The number of hydrogen-bond acceptors (Lipinski definition) is 8. The van der Waals surface area contributed by atoms with E-state index >= 15 is 0 Å². The number of non-ortho nitro benzene ring substituents is 1. The summed E-state index contributed by atoms with van der Waals surface area (Å²) in [5, 5.41) is 11.7. The average molecular weight is 457 g/mol. The second kappa shape index (κ2) is 10.0. The van der Waals surface area contributed by atoms with Crippen molar-refractivity contribution < 1.29 is 19.2 Å². The Bertz CT molecular complexity index is 1110. The quantitative estimate of drug-likeness (QED) is 0.377. The Kier molecular flexibility index (Phi) is 6.93. The van der Waals surface area contributed by atoms with Gasteiger partial charge in [-0.3, -0.25) is 24.7 Å². The van der Waals surface area contributed by atoms with Crippen molar-refractivity contribution in [2.75, 3.05) is 51.4 Å². The van der Waals surface area contributed by atoms with E-state index in [0.717, 1.165) is 55.2 Å². The highest BCUT2D eigenvalue weighted by Gasteiger charge is 2.23. The number of morpholine rings is 1. The lowest BCUT2D eigenvalue weighted by molar-refractivity contribution is -0.384. The molecule has 1 saturated heterocycles. The highest BCUT2D eigenvalue weighted by atomic mass is 32.1. The van der Waals surface area contributed by atoms with Crippen molar-refractivity contribution in [3.8, 4) is 5.75 Å². The van der Waals surface area contributed by atoms with Gasteiger partial charge in [-0.15, -0.1) is 0 Å². The van der Waals surface area contributed by atoms with Crippen molar-refractivity contribution in [1.29, 1.82) is 0 Å². The van der Waals surface area contributed by atoms with Crippen molar-refractivity contribution in [2.45, 2.75) is 6.42 Å². The fourth-order valence-electron chi connectivity index (χ4n) is 3.60. The van der Waals surface area contributed by atoms with Crippen LogP contribution in [0.4, 0.5) is 10.8 Å². The molecule has 0 bridgehead atoms. The normalized spacial score (nSPS) is 14.4. The summed E-state index contributed by atoms with van der Waals surface area (Å²) < 4.78 is 11.6. The number of aromatic nitrogens is 1. The number of nitro groups is 1. The molecule has 0 unspecified atom stereocenters. The third-order valence-electron chi connectivity index (χ3n) is 5.32. The lowest BCUT2D eigenvalue weighted by Crippen LogP contribution is -2.39. The summed E-state index contributed by atoms with van der Waals surface area (Å²) in [7, 11) is 1.60. The average Bonchev–Trinajstić information content (AvgIpc) is 3.25. The molecular weight excluding hydrogens is 432 g/mol. The number of anilines is 1. The standard InChI is InChI=1S/C22H24N4O5S/c1-30-18-6-7-19-20(15-18)32-22(23-19)25(9-3-8-24-10-12-31-13-11-24)21(27)16-4-2-5-17(14-16)26(28)29/h2,4-7,14-15H,3,8-13H2,1H3. The number of hydrogen-bond donors (Lipinski definition) is 0. The second-order valence-electron chi connectivity index (χ2n) is 7.40. The molecule has 0 atom stereocenters. The van der Waals surface area contributed by atoms with Gasteiger partial charge in [0, 0.05) is 43.9 Å². The molecule has 0 aliphatic carbocycles. The van der Waals surface area contributed by atoms with Gasteiger partial charge in [0.15, 0.2) is 5.13 Å². The molecule has 0 N–H and O–H groups in total. The summed E-state index contributed by atoms with van der Waals surface area (Å²) in [5.41, 5.74) is 0.927. The topological polar surface area (TPSA) is 98.0 Å². The van der Waals surface area contributed by atoms with Crippen LogP contribution in [0.15, 0.2) is 42.5 Å². The largest absolute Gasteiger partial charge is 0.497 e. The van der Waals surface area contributed by atoms with Crippen molar-refractivity contribution in [1.82, 2.24) is 9.88 Å². The number of nitrogens with zero attached hydrogens (tertiary/aromatic N) is 4. The van der Waals surface area contributed by atoms with Gasteiger partial charge in [-0.05, 0) is 30.7 Å². The van der Waals surface area contributed by atoms with Crippen LogP contribution in [-0.2, 0) is 4.74 Å². The number of nitro benzene ring substituents is 1. The molecule has 32 heavy (non-hydrogen) atoms. The Balaban J connectivity index is 1.60. The van der Waals surface area contributed by atoms with E-state index in [1.54, 1.807) is 18.1 Å². The fraction of sp³-hybridized carbons (Fsp3) is 0.364. The SMILES string of the molecule is COc1ccc2nc(N(CCCN3CCOCC3)C(=O)c3cccc([N+](=O)[O-])c3)sc2c1. The van der Waals surface area contributed by atoms with Crippen LogP contribution in [0, 0.1) is 10.1 Å². The molecule has 0 radical (unpaired) electrons. The first kappa shape index (κ1) is 22.1. The minimum atomic E-state index is -0.497.